The van der Waals surface area contributed by atoms with Crippen LogP contribution in [-0.4, -0.2) is 24.2 Å². The second kappa shape index (κ2) is 13.0. The molecular weight excluding hydrogens is 496 g/mol. The highest BCUT2D eigenvalue weighted by Crippen LogP contribution is 2.17. The summed E-state index contributed by atoms with van der Waals surface area (Å²) < 4.78 is 5.43. The van der Waals surface area contributed by atoms with E-state index in [9.17, 15) is 14.4 Å². The number of allylic oxidation sites excluding steroid dienone is 1. The van der Waals surface area contributed by atoms with Crippen molar-refractivity contribution < 1.29 is 19.1 Å². The Morgan fingerprint density at radius 2 is 1.58 bits per heavy atom. The Kier molecular flexibility index (Phi) is 8.99. The molecular formula is C31H26N2O4S. The highest BCUT2D eigenvalue weighted by molar-refractivity contribution is 7.10. The SMILES string of the molecule is CCOc1ccc(/C=C/C(=O)c2ccc(NC(=O)/C(=C/c3cccs3)NC(=O)c3ccccc3)cc2)cc1. The molecule has 1 heterocycles. The van der Waals surface area contributed by atoms with Gasteiger partial charge in [-0.3, -0.25) is 14.4 Å². The molecule has 2 amide bonds. The van der Waals surface area contributed by atoms with Crippen molar-refractivity contribution >= 4 is 46.8 Å². The van der Waals surface area contributed by atoms with Crippen molar-refractivity contribution in [1.82, 2.24) is 5.32 Å². The Balaban J connectivity index is 1.42. The van der Waals surface area contributed by atoms with E-state index < -0.39 is 5.91 Å². The maximum Gasteiger partial charge on any atom is 0.272 e. The molecule has 0 saturated carbocycles. The standard InChI is InChI=1S/C31H26N2O4S/c1-2-37-26-17-10-22(11-18-26)12-19-29(34)23-13-15-25(16-14-23)32-31(36)28(21-27-9-6-20-38-27)33-30(35)24-7-4-3-5-8-24/h3-21H,2H2,1H3,(H,32,36)(H,33,35)/b19-12+,28-21-. The quantitative estimate of drug-likeness (QED) is 0.185. The predicted octanol–water partition coefficient (Wildman–Crippen LogP) is 6.45. The fourth-order valence-electron chi connectivity index (χ4n) is 3.48. The highest BCUT2D eigenvalue weighted by Gasteiger charge is 2.15. The lowest BCUT2D eigenvalue weighted by molar-refractivity contribution is -0.113. The Bertz CT molecular complexity index is 1440. The van der Waals surface area contributed by atoms with E-state index >= 15 is 0 Å². The van der Waals surface area contributed by atoms with Crippen LogP contribution < -0.4 is 15.4 Å². The molecule has 0 bridgehead atoms. The third kappa shape index (κ3) is 7.38. The van der Waals surface area contributed by atoms with Gasteiger partial charge in [0.15, 0.2) is 5.78 Å². The third-order valence-corrected chi connectivity index (χ3v) is 6.22. The zero-order chi connectivity index (χ0) is 26.7. The van der Waals surface area contributed by atoms with Crippen molar-refractivity contribution in [3.8, 4) is 5.75 Å². The molecule has 0 spiro atoms. The second-order valence-electron chi connectivity index (χ2n) is 8.12. The zero-order valence-electron chi connectivity index (χ0n) is 20.7. The van der Waals surface area contributed by atoms with E-state index in [1.165, 1.54) is 17.4 Å². The number of amides is 2. The molecule has 38 heavy (non-hydrogen) atoms. The minimum absolute atomic E-state index is 0.111. The molecule has 2 N–H and O–H groups in total. The number of carbonyl (C=O) groups excluding carboxylic acids is 3. The Morgan fingerprint density at radius 3 is 2.24 bits per heavy atom. The third-order valence-electron chi connectivity index (χ3n) is 5.40. The van der Waals surface area contributed by atoms with Crippen LogP contribution >= 0.6 is 11.3 Å². The van der Waals surface area contributed by atoms with Gasteiger partial charge in [-0.2, -0.15) is 0 Å². The molecule has 4 rings (SSSR count). The van der Waals surface area contributed by atoms with Crippen LogP contribution in [0.1, 0.15) is 38.1 Å². The monoisotopic (exact) mass is 522 g/mol. The number of nitrogens with one attached hydrogen (secondary N) is 2. The maximum atomic E-state index is 13.1. The topological polar surface area (TPSA) is 84.5 Å². The molecule has 190 valence electrons. The van der Waals surface area contributed by atoms with Crippen molar-refractivity contribution in [1.29, 1.82) is 0 Å². The molecule has 0 aliphatic heterocycles. The molecule has 0 fully saturated rings. The van der Waals surface area contributed by atoms with Crippen molar-refractivity contribution in [3.05, 3.63) is 130 Å². The number of anilines is 1. The molecule has 0 saturated heterocycles. The fraction of sp³-hybridized carbons (Fsp3) is 0.0645. The summed E-state index contributed by atoms with van der Waals surface area (Å²) in [6.07, 6.45) is 4.87. The summed E-state index contributed by atoms with van der Waals surface area (Å²) in [4.78, 5) is 39.2. The number of hydrogen-bond donors (Lipinski definition) is 2. The van der Waals surface area contributed by atoms with Crippen LogP contribution in [0.15, 0.2) is 108 Å². The molecule has 4 aromatic rings. The van der Waals surface area contributed by atoms with E-state index in [-0.39, 0.29) is 17.4 Å². The number of ketones is 1. The lowest BCUT2D eigenvalue weighted by Gasteiger charge is -2.11. The largest absolute Gasteiger partial charge is 0.494 e. The van der Waals surface area contributed by atoms with E-state index in [0.29, 0.717) is 23.4 Å². The summed E-state index contributed by atoms with van der Waals surface area (Å²) in [5.74, 6) is -0.243. The first-order valence-corrected chi connectivity index (χ1v) is 12.9. The first-order chi connectivity index (χ1) is 18.5. The predicted molar refractivity (Wildman–Crippen MR) is 152 cm³/mol. The highest BCUT2D eigenvalue weighted by atomic mass is 32.1. The number of carbonyl (C=O) groups is 3. The number of thiophene rings is 1. The first kappa shape index (κ1) is 26.3. The van der Waals surface area contributed by atoms with Crippen LogP contribution in [0.3, 0.4) is 0 Å². The van der Waals surface area contributed by atoms with Crippen molar-refractivity contribution in [3.63, 3.8) is 0 Å². The summed E-state index contributed by atoms with van der Waals surface area (Å²) in [6, 6.07) is 26.5. The number of ether oxygens (including phenoxy) is 1. The Morgan fingerprint density at radius 1 is 0.842 bits per heavy atom. The second-order valence-corrected chi connectivity index (χ2v) is 9.10. The van der Waals surface area contributed by atoms with E-state index in [0.717, 1.165) is 16.2 Å². The lowest BCUT2D eigenvalue weighted by atomic mass is 10.1. The summed E-state index contributed by atoms with van der Waals surface area (Å²) in [7, 11) is 0. The van der Waals surface area contributed by atoms with Crippen LogP contribution in [0.25, 0.3) is 12.2 Å². The molecule has 1 aromatic heterocycles. The minimum Gasteiger partial charge on any atom is -0.494 e. The number of benzene rings is 3. The van der Waals surface area contributed by atoms with Gasteiger partial charge in [0.25, 0.3) is 11.8 Å². The Labute approximate surface area is 225 Å². The van der Waals surface area contributed by atoms with E-state index in [1.54, 1.807) is 60.7 Å². The lowest BCUT2D eigenvalue weighted by Crippen LogP contribution is -2.30. The normalized spacial score (nSPS) is 11.2. The van der Waals surface area contributed by atoms with Crippen molar-refractivity contribution in [2.75, 3.05) is 11.9 Å². The van der Waals surface area contributed by atoms with E-state index in [1.807, 2.05) is 54.8 Å². The Hall–Kier alpha value is -4.75. The maximum absolute atomic E-state index is 13.1. The van der Waals surface area contributed by atoms with Crippen LogP contribution in [0.2, 0.25) is 0 Å². The fourth-order valence-corrected chi connectivity index (χ4v) is 4.14. The smallest absolute Gasteiger partial charge is 0.272 e. The van der Waals surface area contributed by atoms with Crippen molar-refractivity contribution in [2.24, 2.45) is 0 Å². The van der Waals surface area contributed by atoms with Crippen LogP contribution in [-0.2, 0) is 4.79 Å². The van der Waals surface area contributed by atoms with Gasteiger partial charge >= 0.3 is 0 Å². The average Bonchev–Trinajstić information content (AvgIpc) is 3.46. The average molecular weight is 523 g/mol. The molecule has 6 nitrogen and oxygen atoms in total. The summed E-state index contributed by atoms with van der Waals surface area (Å²) in [6.45, 7) is 2.52. The number of hydrogen-bond acceptors (Lipinski definition) is 5. The summed E-state index contributed by atoms with van der Waals surface area (Å²) >= 11 is 1.45. The van der Waals surface area contributed by atoms with Gasteiger partial charge in [0.2, 0.25) is 0 Å². The zero-order valence-corrected chi connectivity index (χ0v) is 21.5. The van der Waals surface area contributed by atoms with Crippen molar-refractivity contribution in [2.45, 2.75) is 6.92 Å². The van der Waals surface area contributed by atoms with Gasteiger partial charge in [-0.05, 0) is 84.6 Å². The molecule has 7 heteroatoms. The van der Waals surface area contributed by atoms with Crippen LogP contribution in [0, 0.1) is 0 Å². The van der Waals surface area contributed by atoms with Gasteiger partial charge in [0.1, 0.15) is 11.4 Å². The van der Waals surface area contributed by atoms with Gasteiger partial charge in [-0.25, -0.2) is 0 Å². The van der Waals surface area contributed by atoms with E-state index in [2.05, 4.69) is 10.6 Å². The molecule has 0 unspecified atom stereocenters. The molecule has 0 aliphatic rings. The van der Waals surface area contributed by atoms with Gasteiger partial charge in [-0.15, -0.1) is 11.3 Å². The van der Waals surface area contributed by atoms with Gasteiger partial charge in [-0.1, -0.05) is 42.5 Å². The van der Waals surface area contributed by atoms with Gasteiger partial charge < -0.3 is 15.4 Å². The summed E-state index contributed by atoms with van der Waals surface area (Å²) in [5.41, 5.74) is 2.41. The van der Waals surface area contributed by atoms with Crippen LogP contribution in [0.5, 0.6) is 5.75 Å². The first-order valence-electron chi connectivity index (χ1n) is 12.0. The number of rotatable bonds is 10. The molecule has 0 aliphatic carbocycles. The molecule has 0 radical (unpaired) electrons. The molecule has 0 atom stereocenters. The van der Waals surface area contributed by atoms with Crippen LogP contribution in [0.4, 0.5) is 5.69 Å². The van der Waals surface area contributed by atoms with E-state index in [4.69, 9.17) is 4.74 Å². The molecule has 3 aromatic carbocycles. The summed E-state index contributed by atoms with van der Waals surface area (Å²) in [5, 5.41) is 7.39. The van der Waals surface area contributed by atoms with Gasteiger partial charge in [0.05, 0.1) is 6.61 Å². The minimum atomic E-state index is -0.475. The van der Waals surface area contributed by atoms with Gasteiger partial charge in [0, 0.05) is 21.7 Å².